The third-order valence-electron chi connectivity index (χ3n) is 4.01. The van der Waals surface area contributed by atoms with Crippen LogP contribution in [0.5, 0.6) is 5.75 Å². The van der Waals surface area contributed by atoms with Crippen LogP contribution < -0.4 is 10.1 Å². The monoisotopic (exact) mass is 402 g/mol. The van der Waals surface area contributed by atoms with Gasteiger partial charge >= 0.3 is 5.97 Å². The summed E-state index contributed by atoms with van der Waals surface area (Å²) >= 11 is 0. The van der Waals surface area contributed by atoms with Crippen molar-refractivity contribution in [1.82, 2.24) is 4.90 Å². The van der Waals surface area contributed by atoms with Gasteiger partial charge in [-0.15, -0.1) is 0 Å². The molecule has 0 saturated carbocycles. The van der Waals surface area contributed by atoms with E-state index in [1.54, 1.807) is 35.2 Å². The predicted molar refractivity (Wildman–Crippen MR) is 105 cm³/mol. The Morgan fingerprint density at radius 2 is 1.62 bits per heavy atom. The van der Waals surface area contributed by atoms with Crippen LogP contribution in [0.25, 0.3) is 0 Å². The van der Waals surface area contributed by atoms with Crippen LogP contribution in [-0.4, -0.2) is 49.0 Å². The van der Waals surface area contributed by atoms with Gasteiger partial charge in [-0.25, -0.2) is 9.18 Å². The molecule has 0 aliphatic heterocycles. The van der Waals surface area contributed by atoms with Crippen molar-refractivity contribution in [2.24, 2.45) is 0 Å². The van der Waals surface area contributed by atoms with E-state index in [-0.39, 0.29) is 11.7 Å². The van der Waals surface area contributed by atoms with Crippen molar-refractivity contribution in [3.63, 3.8) is 0 Å². The average molecular weight is 402 g/mol. The number of carbonyl (C=O) groups is 3. The third-order valence-corrected chi connectivity index (χ3v) is 4.01. The number of nitrogens with zero attached hydrogens (tertiary/aromatic N) is 1. The van der Waals surface area contributed by atoms with E-state index in [9.17, 15) is 18.8 Å². The minimum absolute atomic E-state index is 0.0757. The van der Waals surface area contributed by atoms with Crippen molar-refractivity contribution in [1.29, 1.82) is 0 Å². The number of amides is 2. The van der Waals surface area contributed by atoms with E-state index in [4.69, 9.17) is 9.47 Å². The van der Waals surface area contributed by atoms with Crippen LogP contribution in [0, 0.1) is 5.82 Å². The Balaban J connectivity index is 1.78. The van der Waals surface area contributed by atoms with Crippen molar-refractivity contribution in [3.05, 3.63) is 59.9 Å². The Kier molecular flexibility index (Phi) is 8.14. The van der Waals surface area contributed by atoms with Crippen LogP contribution in [0.4, 0.5) is 10.1 Å². The van der Waals surface area contributed by atoms with Gasteiger partial charge in [0, 0.05) is 24.3 Å². The van der Waals surface area contributed by atoms with E-state index in [1.807, 2.05) is 13.8 Å². The highest BCUT2D eigenvalue weighted by Gasteiger charge is 2.13. The van der Waals surface area contributed by atoms with Gasteiger partial charge < -0.3 is 19.7 Å². The Hall–Kier alpha value is -3.42. The zero-order valence-electron chi connectivity index (χ0n) is 16.3. The lowest BCUT2D eigenvalue weighted by atomic mass is 10.2. The molecule has 1 N–H and O–H groups in total. The van der Waals surface area contributed by atoms with E-state index in [1.165, 1.54) is 18.2 Å². The standard InChI is InChI=1S/C21H23FN2O5/c1-3-24(4-2)21(27)15-9-11-16(12-10-15)23-19(25)13-29-20(26)14-28-18-8-6-5-7-17(18)22/h5-12H,3-4,13-14H2,1-2H3,(H,23,25). The zero-order chi connectivity index (χ0) is 21.2. The smallest absolute Gasteiger partial charge is 0.344 e. The molecule has 0 radical (unpaired) electrons. The number of carbonyl (C=O) groups excluding carboxylic acids is 3. The lowest BCUT2D eigenvalue weighted by Gasteiger charge is -2.18. The molecule has 2 aromatic carbocycles. The van der Waals surface area contributed by atoms with Gasteiger partial charge in [-0.05, 0) is 50.2 Å². The Labute approximate surface area is 168 Å². The topological polar surface area (TPSA) is 84.9 Å². The van der Waals surface area contributed by atoms with Gasteiger partial charge in [0.05, 0.1) is 0 Å². The fraction of sp³-hybridized carbons (Fsp3) is 0.286. The van der Waals surface area contributed by atoms with E-state index in [0.717, 1.165) is 0 Å². The third kappa shape index (κ3) is 6.60. The molecular weight excluding hydrogens is 379 g/mol. The van der Waals surface area contributed by atoms with Crippen molar-refractivity contribution in [2.75, 3.05) is 31.6 Å². The van der Waals surface area contributed by atoms with Crippen LogP contribution in [-0.2, 0) is 14.3 Å². The maximum absolute atomic E-state index is 13.4. The average Bonchev–Trinajstić information content (AvgIpc) is 2.73. The summed E-state index contributed by atoms with van der Waals surface area (Å²) in [6, 6.07) is 12.1. The first-order valence-electron chi connectivity index (χ1n) is 9.16. The highest BCUT2D eigenvalue weighted by Crippen LogP contribution is 2.15. The summed E-state index contributed by atoms with van der Waals surface area (Å²) in [6.07, 6.45) is 0. The second-order valence-corrected chi connectivity index (χ2v) is 5.98. The normalized spacial score (nSPS) is 10.2. The molecule has 0 saturated heterocycles. The van der Waals surface area contributed by atoms with Crippen molar-refractivity contribution < 1.29 is 28.2 Å². The maximum Gasteiger partial charge on any atom is 0.344 e. The highest BCUT2D eigenvalue weighted by molar-refractivity contribution is 5.96. The summed E-state index contributed by atoms with van der Waals surface area (Å²) in [6.45, 7) is 3.99. The molecule has 2 aromatic rings. The molecule has 0 atom stereocenters. The summed E-state index contributed by atoms with van der Waals surface area (Å²) in [5.74, 6) is -2.11. The summed E-state index contributed by atoms with van der Waals surface area (Å²) < 4.78 is 23.2. The number of ether oxygens (including phenoxy) is 2. The second kappa shape index (κ2) is 10.8. The molecule has 8 heteroatoms. The number of hydrogen-bond donors (Lipinski definition) is 1. The molecule has 0 aliphatic carbocycles. The quantitative estimate of drug-likeness (QED) is 0.652. The first kappa shape index (κ1) is 21.9. The summed E-state index contributed by atoms with van der Waals surface area (Å²) in [5.41, 5.74) is 0.980. The number of nitrogens with one attached hydrogen (secondary N) is 1. The second-order valence-electron chi connectivity index (χ2n) is 5.98. The van der Waals surface area contributed by atoms with Crippen LogP contribution in [0.2, 0.25) is 0 Å². The fourth-order valence-electron chi connectivity index (χ4n) is 2.47. The lowest BCUT2D eigenvalue weighted by molar-refractivity contribution is -0.149. The van der Waals surface area contributed by atoms with Gasteiger partial charge in [0.1, 0.15) is 0 Å². The Morgan fingerprint density at radius 3 is 2.24 bits per heavy atom. The van der Waals surface area contributed by atoms with Crippen molar-refractivity contribution in [3.8, 4) is 5.75 Å². The van der Waals surface area contributed by atoms with Gasteiger partial charge in [-0.1, -0.05) is 12.1 Å². The molecule has 0 heterocycles. The number of benzene rings is 2. The maximum atomic E-state index is 13.4. The minimum atomic E-state index is -0.802. The summed E-state index contributed by atoms with van der Waals surface area (Å²) in [7, 11) is 0. The first-order valence-corrected chi connectivity index (χ1v) is 9.16. The largest absolute Gasteiger partial charge is 0.479 e. The predicted octanol–water partition coefficient (Wildman–Crippen LogP) is 2.87. The van der Waals surface area contributed by atoms with E-state index in [0.29, 0.717) is 24.3 Å². The van der Waals surface area contributed by atoms with E-state index in [2.05, 4.69) is 5.32 Å². The van der Waals surface area contributed by atoms with Crippen LogP contribution >= 0.6 is 0 Å². The minimum Gasteiger partial charge on any atom is -0.479 e. The van der Waals surface area contributed by atoms with Gasteiger partial charge in [-0.2, -0.15) is 0 Å². The van der Waals surface area contributed by atoms with Crippen LogP contribution in [0.1, 0.15) is 24.2 Å². The molecule has 0 fully saturated rings. The highest BCUT2D eigenvalue weighted by atomic mass is 19.1. The number of anilines is 1. The van der Waals surface area contributed by atoms with Gasteiger partial charge in [0.25, 0.3) is 11.8 Å². The zero-order valence-corrected chi connectivity index (χ0v) is 16.3. The Morgan fingerprint density at radius 1 is 0.966 bits per heavy atom. The molecule has 2 amide bonds. The molecule has 154 valence electrons. The molecule has 0 spiro atoms. The molecule has 0 aromatic heterocycles. The van der Waals surface area contributed by atoms with E-state index >= 15 is 0 Å². The number of hydrogen-bond acceptors (Lipinski definition) is 5. The fourth-order valence-corrected chi connectivity index (χ4v) is 2.47. The number of halogens is 1. The molecular formula is C21H23FN2O5. The Bertz CT molecular complexity index is 850. The summed E-state index contributed by atoms with van der Waals surface area (Å²) in [4.78, 5) is 37.5. The number of rotatable bonds is 9. The SMILES string of the molecule is CCN(CC)C(=O)c1ccc(NC(=O)COC(=O)COc2ccccc2F)cc1. The van der Waals surface area contributed by atoms with E-state index < -0.39 is 30.9 Å². The molecule has 29 heavy (non-hydrogen) atoms. The molecule has 0 bridgehead atoms. The number of esters is 1. The van der Waals surface area contributed by atoms with Gasteiger partial charge in [0.15, 0.2) is 24.8 Å². The van der Waals surface area contributed by atoms with Crippen molar-refractivity contribution >= 4 is 23.5 Å². The van der Waals surface area contributed by atoms with Crippen molar-refractivity contribution in [2.45, 2.75) is 13.8 Å². The number of para-hydroxylation sites is 1. The van der Waals surface area contributed by atoms with Crippen LogP contribution in [0.15, 0.2) is 48.5 Å². The van der Waals surface area contributed by atoms with Gasteiger partial charge in [0.2, 0.25) is 0 Å². The molecule has 0 unspecified atom stereocenters. The van der Waals surface area contributed by atoms with Gasteiger partial charge in [-0.3, -0.25) is 9.59 Å². The molecule has 7 nitrogen and oxygen atoms in total. The first-order chi connectivity index (χ1) is 13.9. The van der Waals surface area contributed by atoms with Crippen LogP contribution in [0.3, 0.4) is 0 Å². The molecule has 2 rings (SSSR count). The molecule has 0 aliphatic rings. The summed E-state index contributed by atoms with van der Waals surface area (Å²) in [5, 5.41) is 2.56. The lowest BCUT2D eigenvalue weighted by Crippen LogP contribution is -2.30.